The third-order valence-electron chi connectivity index (χ3n) is 4.84. The van der Waals surface area contributed by atoms with Gasteiger partial charge in [-0.25, -0.2) is 9.97 Å². The molecule has 0 saturated heterocycles. The van der Waals surface area contributed by atoms with Gasteiger partial charge in [0.15, 0.2) is 0 Å². The SMILES string of the molecule is CCc1cc(CNC(=O)c2cc(C(=O)N[C@@H](C)c3ccc(/C(N)=N/N)cc3)ncn2)cs1.N.[HH].[HH].[HH]. The van der Waals surface area contributed by atoms with E-state index in [1.54, 1.807) is 23.5 Å². The molecule has 33 heavy (non-hydrogen) atoms. The van der Waals surface area contributed by atoms with Crippen molar-refractivity contribution in [2.45, 2.75) is 32.9 Å². The second kappa shape index (κ2) is 11.7. The zero-order valence-corrected chi connectivity index (χ0v) is 19.4. The first kappa shape index (κ1) is 25.4. The Kier molecular flexibility index (Phi) is 9.01. The van der Waals surface area contributed by atoms with Gasteiger partial charge >= 0.3 is 0 Å². The highest BCUT2D eigenvalue weighted by Gasteiger charge is 2.16. The minimum absolute atomic E-state index is 0. The zero-order valence-electron chi connectivity index (χ0n) is 18.5. The van der Waals surface area contributed by atoms with Crippen molar-refractivity contribution in [3.63, 3.8) is 0 Å². The summed E-state index contributed by atoms with van der Waals surface area (Å²) in [6.45, 7) is 4.32. The van der Waals surface area contributed by atoms with Gasteiger partial charge in [-0.15, -0.1) is 11.3 Å². The minimum Gasteiger partial charge on any atom is -0.382 e. The van der Waals surface area contributed by atoms with E-state index in [1.807, 2.05) is 24.4 Å². The maximum atomic E-state index is 12.7. The number of hydrogen-bond acceptors (Lipinski definition) is 8. The van der Waals surface area contributed by atoms with Gasteiger partial charge in [0.25, 0.3) is 11.8 Å². The summed E-state index contributed by atoms with van der Waals surface area (Å²) in [4.78, 5) is 34.4. The number of nitrogens with two attached hydrogens (primary N) is 2. The molecule has 0 aliphatic heterocycles. The molecule has 1 atom stereocenters. The number of nitrogens with zero attached hydrogens (tertiary/aromatic N) is 3. The molecule has 2 aromatic heterocycles. The lowest BCUT2D eigenvalue weighted by Gasteiger charge is -2.14. The molecule has 0 spiro atoms. The van der Waals surface area contributed by atoms with Crippen molar-refractivity contribution in [2.75, 3.05) is 0 Å². The van der Waals surface area contributed by atoms with Crippen molar-refractivity contribution in [3.8, 4) is 0 Å². The highest BCUT2D eigenvalue weighted by atomic mass is 32.1. The number of hydrogen-bond donors (Lipinski definition) is 5. The predicted molar refractivity (Wildman–Crippen MR) is 135 cm³/mol. The number of amides is 2. The van der Waals surface area contributed by atoms with Gasteiger partial charge in [0.05, 0.1) is 6.04 Å². The van der Waals surface area contributed by atoms with Crippen LogP contribution in [0, 0.1) is 0 Å². The van der Waals surface area contributed by atoms with Crippen molar-refractivity contribution in [1.29, 1.82) is 0 Å². The van der Waals surface area contributed by atoms with E-state index in [-0.39, 0.29) is 39.6 Å². The summed E-state index contributed by atoms with van der Waals surface area (Å²) in [6.07, 6.45) is 2.17. The van der Waals surface area contributed by atoms with Crippen LogP contribution in [0.25, 0.3) is 0 Å². The molecular formula is C22H34N8O2S. The first-order valence-corrected chi connectivity index (χ1v) is 10.9. The van der Waals surface area contributed by atoms with Crippen LogP contribution >= 0.6 is 11.3 Å². The van der Waals surface area contributed by atoms with E-state index in [9.17, 15) is 9.59 Å². The predicted octanol–water partition coefficient (Wildman–Crippen LogP) is 3.00. The Morgan fingerprint density at radius 3 is 2.42 bits per heavy atom. The second-order valence-electron chi connectivity index (χ2n) is 7.08. The van der Waals surface area contributed by atoms with E-state index in [0.717, 1.165) is 17.5 Å². The van der Waals surface area contributed by atoms with Gasteiger partial charge in [-0.1, -0.05) is 31.2 Å². The maximum Gasteiger partial charge on any atom is 0.270 e. The van der Waals surface area contributed by atoms with E-state index >= 15 is 0 Å². The van der Waals surface area contributed by atoms with Crippen LogP contribution in [0.5, 0.6) is 0 Å². The van der Waals surface area contributed by atoms with E-state index < -0.39 is 5.91 Å². The number of benzene rings is 1. The van der Waals surface area contributed by atoms with Gasteiger partial charge in [0, 0.05) is 27.3 Å². The summed E-state index contributed by atoms with van der Waals surface area (Å²) in [5.41, 5.74) is 8.51. The molecule has 2 amide bonds. The molecule has 0 unspecified atom stereocenters. The first-order valence-electron chi connectivity index (χ1n) is 10.0. The summed E-state index contributed by atoms with van der Waals surface area (Å²) < 4.78 is 0. The van der Waals surface area contributed by atoms with E-state index in [1.165, 1.54) is 17.3 Å². The van der Waals surface area contributed by atoms with Crippen LogP contribution in [0.15, 0.2) is 53.2 Å². The summed E-state index contributed by atoms with van der Waals surface area (Å²) in [6, 6.07) is 10.3. The number of thiophene rings is 1. The van der Waals surface area contributed by atoms with Crippen molar-refractivity contribution >= 4 is 29.0 Å². The number of carbonyl (C=O) groups excluding carboxylic acids is 2. The summed E-state index contributed by atoms with van der Waals surface area (Å²) in [5, 5.41) is 11.2. The van der Waals surface area contributed by atoms with Crippen LogP contribution < -0.4 is 28.4 Å². The molecule has 10 nitrogen and oxygen atoms in total. The average molecular weight is 475 g/mol. The topological polar surface area (TPSA) is 183 Å². The highest BCUT2D eigenvalue weighted by Crippen LogP contribution is 2.16. The Morgan fingerprint density at radius 2 is 1.82 bits per heavy atom. The van der Waals surface area contributed by atoms with Crippen LogP contribution in [0.4, 0.5) is 0 Å². The Balaban J connectivity index is 0. The number of rotatable bonds is 8. The minimum atomic E-state index is -0.411. The molecule has 0 aliphatic rings. The quantitative estimate of drug-likeness (QED) is 0.144. The lowest BCUT2D eigenvalue weighted by molar-refractivity contribution is 0.0934. The fourth-order valence-electron chi connectivity index (χ4n) is 2.95. The molecule has 2 heterocycles. The molecule has 0 saturated carbocycles. The highest BCUT2D eigenvalue weighted by molar-refractivity contribution is 7.10. The molecule has 180 valence electrons. The fraction of sp³-hybridized carbons (Fsp3) is 0.227. The fourth-order valence-corrected chi connectivity index (χ4v) is 3.79. The van der Waals surface area contributed by atoms with E-state index in [0.29, 0.717) is 12.1 Å². The van der Waals surface area contributed by atoms with Crippen molar-refractivity contribution in [1.82, 2.24) is 26.8 Å². The standard InChI is InChI=1S/C22H25N7O2S.H3N.3H2/c1-3-17-8-14(11-32-17)10-25-21(30)18-9-19(27-12-26-18)22(31)28-13(2)15-4-6-16(7-5-15)20(23)29-24;;;;/h4-9,11-13H,3,10,24H2,1-2H3,(H2,23,29)(H,25,30)(H,28,31);1H3;3*1H/t13-;;;;/m0..../s1. The molecule has 0 radical (unpaired) electrons. The molecule has 0 fully saturated rings. The molecule has 1 aromatic carbocycles. The maximum absolute atomic E-state index is 12.7. The lowest BCUT2D eigenvalue weighted by Crippen LogP contribution is -2.29. The number of amidine groups is 1. The number of nitrogens with one attached hydrogen (secondary N) is 2. The van der Waals surface area contributed by atoms with Gasteiger partial charge in [-0.05, 0) is 35.9 Å². The van der Waals surface area contributed by atoms with Crippen molar-refractivity contribution in [2.24, 2.45) is 16.7 Å². The molecule has 0 bridgehead atoms. The van der Waals surface area contributed by atoms with Gasteiger partial charge in [-0.3, -0.25) is 9.59 Å². The van der Waals surface area contributed by atoms with E-state index in [2.05, 4.69) is 38.7 Å². The number of aromatic nitrogens is 2. The first-order chi connectivity index (χ1) is 15.4. The van der Waals surface area contributed by atoms with Crippen LogP contribution in [-0.2, 0) is 13.0 Å². The van der Waals surface area contributed by atoms with Gasteiger partial charge < -0.3 is 28.4 Å². The van der Waals surface area contributed by atoms with Gasteiger partial charge in [0.1, 0.15) is 23.6 Å². The summed E-state index contributed by atoms with van der Waals surface area (Å²) in [7, 11) is 0. The second-order valence-corrected chi connectivity index (χ2v) is 8.07. The third kappa shape index (κ3) is 6.57. The summed E-state index contributed by atoms with van der Waals surface area (Å²) in [5.74, 6) is 4.64. The van der Waals surface area contributed by atoms with Crippen molar-refractivity contribution < 1.29 is 13.9 Å². The molecule has 3 rings (SSSR count). The number of hydrazone groups is 1. The lowest BCUT2D eigenvalue weighted by atomic mass is 10.1. The summed E-state index contributed by atoms with van der Waals surface area (Å²) >= 11 is 1.66. The Labute approximate surface area is 200 Å². The van der Waals surface area contributed by atoms with Crippen molar-refractivity contribution in [3.05, 3.63) is 81.1 Å². The Hall–Kier alpha value is -3.83. The monoisotopic (exact) mass is 474 g/mol. The average Bonchev–Trinajstić information content (AvgIpc) is 3.30. The third-order valence-corrected chi connectivity index (χ3v) is 5.96. The molecular weight excluding hydrogens is 440 g/mol. The van der Waals surface area contributed by atoms with Gasteiger partial charge in [-0.2, -0.15) is 5.10 Å². The largest absolute Gasteiger partial charge is 0.382 e. The Morgan fingerprint density at radius 1 is 1.15 bits per heavy atom. The van der Waals surface area contributed by atoms with Crippen LogP contribution in [0.3, 0.4) is 0 Å². The number of aryl methyl sites for hydroxylation is 1. The molecule has 3 aromatic rings. The smallest absolute Gasteiger partial charge is 0.270 e. The normalized spacial score (nSPS) is 11.9. The zero-order chi connectivity index (χ0) is 23.1. The van der Waals surface area contributed by atoms with Crippen LogP contribution in [0.1, 0.15) is 66.7 Å². The van der Waals surface area contributed by atoms with Crippen LogP contribution in [-0.4, -0.2) is 27.6 Å². The van der Waals surface area contributed by atoms with E-state index in [4.69, 9.17) is 11.6 Å². The Bertz CT molecular complexity index is 1140. The van der Waals surface area contributed by atoms with Gasteiger partial charge in [0.2, 0.25) is 0 Å². The molecule has 11 heteroatoms. The molecule has 9 N–H and O–H groups in total. The van der Waals surface area contributed by atoms with Crippen LogP contribution in [0.2, 0.25) is 0 Å². The molecule has 0 aliphatic carbocycles. The number of carbonyl (C=O) groups is 2.